The van der Waals surface area contributed by atoms with E-state index in [1.54, 1.807) is 0 Å². The topological polar surface area (TPSA) is 55.4 Å². The van der Waals surface area contributed by atoms with Crippen molar-refractivity contribution in [2.45, 2.75) is 26.2 Å². The highest BCUT2D eigenvalue weighted by molar-refractivity contribution is 7.91. The van der Waals surface area contributed by atoms with E-state index in [0.29, 0.717) is 17.4 Å². The second-order valence-corrected chi connectivity index (χ2v) is 7.60. The molecule has 0 bridgehead atoms. The van der Waals surface area contributed by atoms with Gasteiger partial charge in [-0.05, 0) is 37.5 Å². The third kappa shape index (κ3) is 3.01. The van der Waals surface area contributed by atoms with E-state index >= 15 is 0 Å². The molecule has 1 N–H and O–H groups in total. The summed E-state index contributed by atoms with van der Waals surface area (Å²) in [5, 5.41) is 3.31. The van der Waals surface area contributed by atoms with E-state index in [2.05, 4.69) is 5.32 Å². The second-order valence-electron chi connectivity index (χ2n) is 5.37. The number of nitrogens with one attached hydrogen (secondary N) is 1. The summed E-state index contributed by atoms with van der Waals surface area (Å²) < 4.78 is 28.5. The molecule has 17 heavy (non-hydrogen) atoms. The van der Waals surface area contributed by atoms with Crippen LogP contribution in [-0.4, -0.2) is 46.2 Å². The largest absolute Gasteiger partial charge is 0.382 e. The average Bonchev–Trinajstić information content (AvgIpc) is 2.57. The van der Waals surface area contributed by atoms with Gasteiger partial charge in [-0.2, -0.15) is 0 Å². The maximum atomic E-state index is 11.6. The van der Waals surface area contributed by atoms with Crippen LogP contribution < -0.4 is 5.32 Å². The molecule has 2 aliphatic heterocycles. The van der Waals surface area contributed by atoms with Crippen molar-refractivity contribution in [1.29, 1.82) is 0 Å². The summed E-state index contributed by atoms with van der Waals surface area (Å²) in [5.74, 6) is 1.17. The van der Waals surface area contributed by atoms with E-state index < -0.39 is 9.84 Å². The van der Waals surface area contributed by atoms with Crippen molar-refractivity contribution in [3.63, 3.8) is 0 Å². The molecule has 0 spiro atoms. The average molecular weight is 261 g/mol. The number of hydrogen-bond donors (Lipinski definition) is 1. The van der Waals surface area contributed by atoms with E-state index in [0.717, 1.165) is 45.6 Å². The Hall–Kier alpha value is -0.130. The van der Waals surface area contributed by atoms with E-state index in [4.69, 9.17) is 4.74 Å². The number of rotatable bonds is 6. The van der Waals surface area contributed by atoms with Crippen LogP contribution in [-0.2, 0) is 14.6 Å². The quantitative estimate of drug-likeness (QED) is 0.720. The molecule has 1 unspecified atom stereocenters. The fraction of sp³-hybridized carbons (Fsp3) is 1.00. The molecule has 4 nitrogen and oxygen atoms in total. The van der Waals surface area contributed by atoms with Crippen molar-refractivity contribution in [3.8, 4) is 0 Å². The molecule has 5 heteroatoms. The lowest BCUT2D eigenvalue weighted by atomic mass is 9.67. The highest BCUT2D eigenvalue weighted by Gasteiger charge is 2.47. The van der Waals surface area contributed by atoms with Crippen molar-refractivity contribution in [3.05, 3.63) is 0 Å². The normalized spacial score (nSPS) is 30.1. The first-order valence-electron chi connectivity index (χ1n) is 6.57. The fourth-order valence-corrected chi connectivity index (χ4v) is 5.01. The minimum atomic E-state index is -2.75. The van der Waals surface area contributed by atoms with Gasteiger partial charge in [0.15, 0.2) is 9.84 Å². The number of sulfone groups is 1. The third-order valence-electron chi connectivity index (χ3n) is 4.22. The molecular weight excluding hydrogens is 238 g/mol. The van der Waals surface area contributed by atoms with Gasteiger partial charge in [0.1, 0.15) is 0 Å². The molecule has 2 saturated heterocycles. The summed E-state index contributed by atoms with van der Waals surface area (Å²) in [6.45, 7) is 5.55. The molecule has 0 aliphatic carbocycles. The first-order chi connectivity index (χ1) is 8.08. The maximum absolute atomic E-state index is 11.6. The van der Waals surface area contributed by atoms with Crippen LogP contribution in [0.15, 0.2) is 0 Å². The highest BCUT2D eigenvalue weighted by Crippen LogP contribution is 2.42. The molecule has 0 aromatic heterocycles. The molecule has 0 amide bonds. The zero-order chi connectivity index (χ0) is 12.4. The standard InChI is InChI=1S/C12H23NO3S/c1-2-16-6-3-5-12(9-13-10-12)11-4-7-17(14,15)8-11/h11,13H,2-10H2,1H3. The minimum absolute atomic E-state index is 0.237. The van der Waals surface area contributed by atoms with Gasteiger partial charge in [-0.3, -0.25) is 0 Å². The van der Waals surface area contributed by atoms with Gasteiger partial charge in [0, 0.05) is 26.3 Å². The number of hydrogen-bond acceptors (Lipinski definition) is 4. The Morgan fingerprint density at radius 3 is 2.65 bits per heavy atom. The molecule has 2 rings (SSSR count). The van der Waals surface area contributed by atoms with Gasteiger partial charge in [0.05, 0.1) is 11.5 Å². The van der Waals surface area contributed by atoms with Gasteiger partial charge in [0.2, 0.25) is 0 Å². The SMILES string of the molecule is CCOCCCC1(C2CCS(=O)(=O)C2)CNC1. The predicted molar refractivity (Wildman–Crippen MR) is 67.8 cm³/mol. The van der Waals surface area contributed by atoms with Crippen molar-refractivity contribution in [1.82, 2.24) is 5.32 Å². The van der Waals surface area contributed by atoms with Crippen LogP contribution in [0.2, 0.25) is 0 Å². The van der Waals surface area contributed by atoms with Crippen LogP contribution in [0.5, 0.6) is 0 Å². The molecule has 100 valence electrons. The van der Waals surface area contributed by atoms with E-state index in [1.165, 1.54) is 0 Å². The van der Waals surface area contributed by atoms with Crippen LogP contribution in [0.3, 0.4) is 0 Å². The molecule has 2 aliphatic rings. The molecule has 0 saturated carbocycles. The maximum Gasteiger partial charge on any atom is 0.150 e. The Morgan fingerprint density at radius 1 is 1.41 bits per heavy atom. The van der Waals surface area contributed by atoms with E-state index in [-0.39, 0.29) is 5.41 Å². The summed E-state index contributed by atoms with van der Waals surface area (Å²) in [4.78, 5) is 0. The van der Waals surface area contributed by atoms with Crippen LogP contribution in [0.1, 0.15) is 26.2 Å². The number of ether oxygens (including phenoxy) is 1. The molecular formula is C12H23NO3S. The smallest absolute Gasteiger partial charge is 0.150 e. The highest BCUT2D eigenvalue weighted by atomic mass is 32.2. The Labute approximate surface area is 104 Å². The fourth-order valence-electron chi connectivity index (χ4n) is 3.06. The van der Waals surface area contributed by atoms with Gasteiger partial charge in [-0.25, -0.2) is 8.42 Å². The Kier molecular flexibility index (Phi) is 4.10. The molecule has 0 aromatic carbocycles. The van der Waals surface area contributed by atoms with E-state index in [9.17, 15) is 8.42 Å². The molecule has 0 aromatic rings. The lowest BCUT2D eigenvalue weighted by Crippen LogP contribution is -2.57. The van der Waals surface area contributed by atoms with Gasteiger partial charge < -0.3 is 10.1 Å². The van der Waals surface area contributed by atoms with Gasteiger partial charge in [0.25, 0.3) is 0 Å². The van der Waals surface area contributed by atoms with Crippen molar-refractivity contribution < 1.29 is 13.2 Å². The van der Waals surface area contributed by atoms with Crippen LogP contribution in [0.25, 0.3) is 0 Å². The second kappa shape index (κ2) is 5.24. The van der Waals surface area contributed by atoms with Gasteiger partial charge in [-0.15, -0.1) is 0 Å². The van der Waals surface area contributed by atoms with Crippen molar-refractivity contribution in [2.75, 3.05) is 37.8 Å². The lowest BCUT2D eigenvalue weighted by Gasteiger charge is -2.47. The van der Waals surface area contributed by atoms with Crippen molar-refractivity contribution in [2.24, 2.45) is 11.3 Å². The first-order valence-corrected chi connectivity index (χ1v) is 8.39. The summed E-state index contributed by atoms with van der Waals surface area (Å²) >= 11 is 0. The minimum Gasteiger partial charge on any atom is -0.382 e. The molecule has 2 heterocycles. The summed E-state index contributed by atoms with van der Waals surface area (Å²) in [7, 11) is -2.75. The summed E-state index contributed by atoms with van der Waals surface area (Å²) in [6, 6.07) is 0. The van der Waals surface area contributed by atoms with E-state index in [1.807, 2.05) is 6.92 Å². The molecule has 2 fully saturated rings. The zero-order valence-corrected chi connectivity index (χ0v) is 11.4. The Bertz CT molecular complexity index is 349. The van der Waals surface area contributed by atoms with Crippen molar-refractivity contribution >= 4 is 9.84 Å². The predicted octanol–water partition coefficient (Wildman–Crippen LogP) is 0.827. The lowest BCUT2D eigenvalue weighted by molar-refractivity contribution is 0.0595. The van der Waals surface area contributed by atoms with Gasteiger partial charge >= 0.3 is 0 Å². The van der Waals surface area contributed by atoms with Gasteiger partial charge in [-0.1, -0.05) is 0 Å². The summed E-state index contributed by atoms with van der Waals surface area (Å²) in [5.41, 5.74) is 0.237. The van der Waals surface area contributed by atoms with Crippen LogP contribution in [0, 0.1) is 11.3 Å². The molecule has 1 atom stereocenters. The van der Waals surface area contributed by atoms with Crippen LogP contribution in [0.4, 0.5) is 0 Å². The zero-order valence-electron chi connectivity index (χ0n) is 10.6. The third-order valence-corrected chi connectivity index (χ3v) is 5.99. The summed E-state index contributed by atoms with van der Waals surface area (Å²) in [6.07, 6.45) is 3.00. The monoisotopic (exact) mass is 261 g/mol. The molecule has 0 radical (unpaired) electrons. The Morgan fingerprint density at radius 2 is 2.18 bits per heavy atom. The Balaban J connectivity index is 1.87. The first kappa shape index (κ1) is 13.3. The van der Waals surface area contributed by atoms with Crippen LogP contribution >= 0.6 is 0 Å².